The van der Waals surface area contributed by atoms with Gasteiger partial charge >= 0.3 is 0 Å². The maximum absolute atomic E-state index is 6.09. The summed E-state index contributed by atoms with van der Waals surface area (Å²) in [7, 11) is 0. The Balaban J connectivity index is 2.28. The largest absolute Gasteiger partial charge is 0.340 e. The van der Waals surface area contributed by atoms with Crippen LogP contribution in [-0.4, -0.2) is 21.6 Å². The highest BCUT2D eigenvalue weighted by Crippen LogP contribution is 2.32. The Hall–Kier alpha value is -0.550. The second-order valence-corrected chi connectivity index (χ2v) is 4.20. The predicted molar refractivity (Wildman–Crippen MR) is 46.8 cm³/mol. The zero-order chi connectivity index (χ0) is 8.60. The lowest BCUT2D eigenvalue weighted by Crippen LogP contribution is -2.37. The van der Waals surface area contributed by atoms with E-state index in [1.165, 1.54) is 0 Å². The van der Waals surface area contributed by atoms with Crippen molar-refractivity contribution >= 4 is 11.8 Å². The van der Waals surface area contributed by atoms with Crippen LogP contribution in [-0.2, 0) is 5.54 Å². The molecule has 4 nitrogen and oxygen atoms in total. The van der Waals surface area contributed by atoms with Crippen molar-refractivity contribution in [2.45, 2.75) is 18.9 Å². The number of aryl methyl sites for hydroxylation is 1. The van der Waals surface area contributed by atoms with Crippen LogP contribution < -0.4 is 5.73 Å². The van der Waals surface area contributed by atoms with Crippen LogP contribution in [0.25, 0.3) is 0 Å². The maximum atomic E-state index is 6.09. The number of nitrogens with zero attached hydrogens (tertiary/aromatic N) is 2. The molecule has 1 saturated heterocycles. The third-order valence-corrected chi connectivity index (χ3v) is 3.24. The second-order valence-electron chi connectivity index (χ2n) is 3.10. The van der Waals surface area contributed by atoms with Crippen molar-refractivity contribution < 1.29 is 4.52 Å². The number of rotatable bonds is 1. The number of nitrogens with two attached hydrogens (primary N) is 1. The summed E-state index contributed by atoms with van der Waals surface area (Å²) in [6, 6.07) is 0. The van der Waals surface area contributed by atoms with Crippen molar-refractivity contribution in [2.75, 3.05) is 11.5 Å². The highest BCUT2D eigenvalue weighted by Gasteiger charge is 2.36. The van der Waals surface area contributed by atoms with Crippen molar-refractivity contribution in [3.8, 4) is 0 Å². The van der Waals surface area contributed by atoms with Gasteiger partial charge in [0.05, 0.1) is 5.54 Å². The fourth-order valence-corrected chi connectivity index (χ4v) is 2.55. The summed E-state index contributed by atoms with van der Waals surface area (Å²) in [6.45, 7) is 1.78. The van der Waals surface area contributed by atoms with Gasteiger partial charge in [-0.1, -0.05) is 5.16 Å². The fraction of sp³-hybridized carbons (Fsp3) is 0.714. The lowest BCUT2D eigenvalue weighted by Gasteiger charge is -2.16. The Labute approximate surface area is 74.9 Å². The molecule has 0 amide bonds. The van der Waals surface area contributed by atoms with Gasteiger partial charge in [0.15, 0.2) is 5.82 Å². The number of thioether (sulfide) groups is 1. The minimum Gasteiger partial charge on any atom is -0.340 e. The zero-order valence-corrected chi connectivity index (χ0v) is 7.73. The summed E-state index contributed by atoms with van der Waals surface area (Å²) in [4.78, 5) is 4.15. The summed E-state index contributed by atoms with van der Waals surface area (Å²) in [5.41, 5.74) is 5.74. The normalized spacial score (nSPS) is 29.5. The summed E-state index contributed by atoms with van der Waals surface area (Å²) >= 11 is 1.84. The van der Waals surface area contributed by atoms with E-state index in [4.69, 9.17) is 10.3 Å². The first-order valence-corrected chi connectivity index (χ1v) is 5.04. The molecule has 0 bridgehead atoms. The first-order chi connectivity index (χ1) is 5.71. The van der Waals surface area contributed by atoms with Crippen LogP contribution in [0, 0.1) is 6.92 Å². The van der Waals surface area contributed by atoms with Gasteiger partial charge in [-0.3, -0.25) is 0 Å². The molecule has 66 valence electrons. The van der Waals surface area contributed by atoms with E-state index < -0.39 is 0 Å². The monoisotopic (exact) mass is 185 g/mol. The summed E-state index contributed by atoms with van der Waals surface area (Å²) in [5, 5.41) is 3.85. The molecule has 2 N–H and O–H groups in total. The molecule has 5 heteroatoms. The van der Waals surface area contributed by atoms with E-state index >= 15 is 0 Å². The molecule has 1 aliphatic heterocycles. The highest BCUT2D eigenvalue weighted by atomic mass is 32.2. The van der Waals surface area contributed by atoms with Crippen LogP contribution in [0.4, 0.5) is 0 Å². The zero-order valence-electron chi connectivity index (χ0n) is 6.91. The molecular formula is C7H11N3OS. The van der Waals surface area contributed by atoms with E-state index in [1.807, 2.05) is 11.8 Å². The topological polar surface area (TPSA) is 64.9 Å². The second kappa shape index (κ2) is 2.74. The van der Waals surface area contributed by atoms with E-state index in [0.29, 0.717) is 11.7 Å². The molecule has 0 aromatic carbocycles. The molecular weight excluding hydrogens is 174 g/mol. The average molecular weight is 185 g/mol. The van der Waals surface area contributed by atoms with Crippen molar-refractivity contribution in [2.24, 2.45) is 5.73 Å². The highest BCUT2D eigenvalue weighted by molar-refractivity contribution is 7.99. The van der Waals surface area contributed by atoms with E-state index in [9.17, 15) is 0 Å². The van der Waals surface area contributed by atoms with Gasteiger partial charge in [-0.25, -0.2) is 0 Å². The Morgan fingerprint density at radius 1 is 1.67 bits per heavy atom. The van der Waals surface area contributed by atoms with Gasteiger partial charge < -0.3 is 10.3 Å². The number of hydrogen-bond donors (Lipinski definition) is 1. The van der Waals surface area contributed by atoms with Crippen LogP contribution in [0.5, 0.6) is 0 Å². The lowest BCUT2D eigenvalue weighted by atomic mass is 10.0. The summed E-state index contributed by atoms with van der Waals surface area (Å²) in [5.74, 6) is 3.23. The minimum absolute atomic E-state index is 0.345. The summed E-state index contributed by atoms with van der Waals surface area (Å²) in [6.07, 6.45) is 0.941. The van der Waals surface area contributed by atoms with Gasteiger partial charge in [0.1, 0.15) is 0 Å². The molecule has 1 fully saturated rings. The van der Waals surface area contributed by atoms with Crippen LogP contribution in [0.3, 0.4) is 0 Å². The molecule has 2 heterocycles. The van der Waals surface area contributed by atoms with Crippen LogP contribution in [0.15, 0.2) is 4.52 Å². The molecule has 0 saturated carbocycles. The molecule has 1 atom stereocenters. The standard InChI is InChI=1S/C7H11N3OS/c1-5-9-6(10-11-5)7(8)2-3-12-4-7/h2-4,8H2,1H3. The third-order valence-electron chi connectivity index (χ3n) is 2.03. The van der Waals surface area contributed by atoms with Crippen molar-refractivity contribution in [1.29, 1.82) is 0 Å². The van der Waals surface area contributed by atoms with E-state index in [2.05, 4.69) is 10.1 Å². The number of aromatic nitrogens is 2. The van der Waals surface area contributed by atoms with Crippen LogP contribution in [0.1, 0.15) is 18.1 Å². The smallest absolute Gasteiger partial charge is 0.223 e. The molecule has 1 aromatic heterocycles. The van der Waals surface area contributed by atoms with Gasteiger partial charge in [-0.2, -0.15) is 16.7 Å². The Morgan fingerprint density at radius 2 is 2.50 bits per heavy atom. The van der Waals surface area contributed by atoms with E-state index in [-0.39, 0.29) is 5.54 Å². The molecule has 0 radical (unpaired) electrons. The Bertz CT molecular complexity index is 280. The average Bonchev–Trinajstić information content (AvgIpc) is 2.59. The van der Waals surface area contributed by atoms with Gasteiger partial charge in [0.25, 0.3) is 0 Å². The van der Waals surface area contributed by atoms with Gasteiger partial charge in [-0.05, 0) is 12.2 Å². The third kappa shape index (κ3) is 1.23. The fourth-order valence-electron chi connectivity index (χ4n) is 1.26. The maximum Gasteiger partial charge on any atom is 0.223 e. The van der Waals surface area contributed by atoms with Gasteiger partial charge in [0, 0.05) is 12.7 Å². The molecule has 1 unspecified atom stereocenters. The SMILES string of the molecule is Cc1nc(C2(N)CCSC2)no1. The number of hydrogen-bond acceptors (Lipinski definition) is 5. The molecule has 12 heavy (non-hydrogen) atoms. The van der Waals surface area contributed by atoms with Gasteiger partial charge in [-0.15, -0.1) is 0 Å². The summed E-state index contributed by atoms with van der Waals surface area (Å²) < 4.78 is 4.89. The Kier molecular flexibility index (Phi) is 1.84. The molecule has 0 spiro atoms. The molecule has 2 rings (SSSR count). The minimum atomic E-state index is -0.345. The first-order valence-electron chi connectivity index (χ1n) is 3.88. The Morgan fingerprint density at radius 3 is 3.00 bits per heavy atom. The van der Waals surface area contributed by atoms with Crippen molar-refractivity contribution in [3.63, 3.8) is 0 Å². The van der Waals surface area contributed by atoms with Crippen LogP contribution >= 0.6 is 11.8 Å². The van der Waals surface area contributed by atoms with Crippen LogP contribution in [0.2, 0.25) is 0 Å². The lowest BCUT2D eigenvalue weighted by molar-refractivity contribution is 0.366. The predicted octanol–water partition coefficient (Wildman–Crippen LogP) is 0.669. The van der Waals surface area contributed by atoms with Gasteiger partial charge in [0.2, 0.25) is 5.89 Å². The van der Waals surface area contributed by atoms with E-state index in [0.717, 1.165) is 17.9 Å². The molecule has 0 aliphatic carbocycles. The quantitative estimate of drug-likeness (QED) is 0.696. The molecule has 1 aromatic rings. The molecule has 1 aliphatic rings. The van der Waals surface area contributed by atoms with E-state index in [1.54, 1.807) is 6.92 Å². The van der Waals surface area contributed by atoms with Crippen molar-refractivity contribution in [1.82, 2.24) is 10.1 Å². The van der Waals surface area contributed by atoms with Crippen molar-refractivity contribution in [3.05, 3.63) is 11.7 Å². The first kappa shape index (κ1) is 8.07.